The number of allylic oxidation sites excluding steroid dienone is 2. The van der Waals surface area contributed by atoms with Gasteiger partial charge in [-0.25, -0.2) is 0 Å². The third kappa shape index (κ3) is 8.36. The van der Waals surface area contributed by atoms with Gasteiger partial charge in [-0.3, -0.25) is 0 Å². The lowest BCUT2D eigenvalue weighted by Crippen LogP contribution is -2.26. The van der Waals surface area contributed by atoms with Crippen LogP contribution in [0.2, 0.25) is 0 Å². The fourth-order valence-electron chi connectivity index (χ4n) is 2.49. The molecule has 0 aromatic heterocycles. The first-order chi connectivity index (χ1) is 9.34. The van der Waals surface area contributed by atoms with Gasteiger partial charge >= 0.3 is 0 Å². The normalized spacial score (nSPS) is 18.2. The van der Waals surface area contributed by atoms with Gasteiger partial charge in [-0.05, 0) is 18.6 Å². The first-order valence-corrected chi connectivity index (χ1v) is 8.53. The molecule has 0 saturated carbocycles. The van der Waals surface area contributed by atoms with Gasteiger partial charge in [0, 0.05) is 12.7 Å². The minimum Gasteiger partial charge on any atom is -0.358 e. The average Bonchev–Trinajstić information content (AvgIpc) is 2.43. The van der Waals surface area contributed by atoms with E-state index >= 15 is 0 Å². The van der Waals surface area contributed by atoms with E-state index in [4.69, 9.17) is 11.6 Å². The second kappa shape index (κ2) is 11.4. The summed E-state index contributed by atoms with van der Waals surface area (Å²) in [5, 5.41) is 0. The van der Waals surface area contributed by atoms with Gasteiger partial charge in [0.05, 0.1) is 0 Å². The lowest BCUT2D eigenvalue weighted by Gasteiger charge is -2.25. The SMILES string of the molecule is CCCCCCCCCCCCN1C=CC=CC1Cl. The number of alkyl halides is 1. The Morgan fingerprint density at radius 1 is 0.842 bits per heavy atom. The van der Waals surface area contributed by atoms with Crippen LogP contribution in [-0.4, -0.2) is 16.9 Å². The van der Waals surface area contributed by atoms with Gasteiger partial charge in [0.15, 0.2) is 0 Å². The predicted molar refractivity (Wildman–Crippen MR) is 86.5 cm³/mol. The van der Waals surface area contributed by atoms with Crippen molar-refractivity contribution in [3.63, 3.8) is 0 Å². The summed E-state index contributed by atoms with van der Waals surface area (Å²) in [6.07, 6.45) is 22.1. The number of unbranched alkanes of at least 4 members (excludes halogenated alkanes) is 9. The van der Waals surface area contributed by atoms with Crippen molar-refractivity contribution in [2.24, 2.45) is 0 Å². The maximum Gasteiger partial charge on any atom is 0.122 e. The van der Waals surface area contributed by atoms with E-state index < -0.39 is 0 Å². The van der Waals surface area contributed by atoms with Crippen LogP contribution in [0.4, 0.5) is 0 Å². The molecule has 0 N–H and O–H groups in total. The second-order valence-corrected chi connectivity index (χ2v) is 5.97. The zero-order chi connectivity index (χ0) is 13.8. The van der Waals surface area contributed by atoms with E-state index in [0.717, 1.165) is 6.54 Å². The topological polar surface area (TPSA) is 3.24 Å². The van der Waals surface area contributed by atoms with Crippen LogP contribution < -0.4 is 0 Å². The molecule has 0 aromatic carbocycles. The van der Waals surface area contributed by atoms with Gasteiger partial charge in [0.1, 0.15) is 5.50 Å². The van der Waals surface area contributed by atoms with Crippen molar-refractivity contribution < 1.29 is 0 Å². The van der Waals surface area contributed by atoms with Gasteiger partial charge in [-0.15, -0.1) is 0 Å². The lowest BCUT2D eigenvalue weighted by atomic mass is 10.1. The van der Waals surface area contributed by atoms with Gasteiger partial charge in [0.25, 0.3) is 0 Å². The Balaban J connectivity index is 1.83. The van der Waals surface area contributed by atoms with Crippen molar-refractivity contribution in [2.45, 2.75) is 76.6 Å². The predicted octanol–water partition coefficient (Wildman–Crippen LogP) is 5.86. The standard InChI is InChI=1S/C17H30ClN/c1-2-3-4-5-6-7-8-9-10-12-15-19-16-13-11-14-17(19)18/h11,13-14,16-17H,2-10,12,15H2,1H3. The molecule has 0 bridgehead atoms. The summed E-state index contributed by atoms with van der Waals surface area (Å²) in [6.45, 7) is 3.37. The summed E-state index contributed by atoms with van der Waals surface area (Å²) < 4.78 is 0. The Bertz CT molecular complexity index is 260. The third-order valence-electron chi connectivity index (χ3n) is 3.75. The van der Waals surface area contributed by atoms with Crippen molar-refractivity contribution in [1.29, 1.82) is 0 Å². The zero-order valence-electron chi connectivity index (χ0n) is 12.5. The van der Waals surface area contributed by atoms with Crippen LogP contribution in [0.1, 0.15) is 71.1 Å². The minimum absolute atomic E-state index is 0.0589. The molecule has 1 aliphatic heterocycles. The van der Waals surface area contributed by atoms with E-state index in [-0.39, 0.29) is 5.50 Å². The number of hydrogen-bond donors (Lipinski definition) is 0. The van der Waals surface area contributed by atoms with E-state index in [1.54, 1.807) is 0 Å². The van der Waals surface area contributed by atoms with Crippen LogP contribution in [0.3, 0.4) is 0 Å². The fourth-order valence-corrected chi connectivity index (χ4v) is 2.74. The molecule has 1 rings (SSSR count). The molecule has 0 radical (unpaired) electrons. The number of nitrogens with zero attached hydrogens (tertiary/aromatic N) is 1. The second-order valence-electron chi connectivity index (χ2n) is 5.52. The van der Waals surface area contributed by atoms with Crippen LogP contribution in [0.5, 0.6) is 0 Å². The van der Waals surface area contributed by atoms with Crippen molar-refractivity contribution in [3.05, 3.63) is 24.4 Å². The molecule has 19 heavy (non-hydrogen) atoms. The molecule has 0 amide bonds. The van der Waals surface area contributed by atoms with E-state index in [1.807, 2.05) is 12.2 Å². The summed E-state index contributed by atoms with van der Waals surface area (Å²) in [5.74, 6) is 0. The van der Waals surface area contributed by atoms with E-state index in [9.17, 15) is 0 Å². The monoisotopic (exact) mass is 283 g/mol. The van der Waals surface area contributed by atoms with Crippen LogP contribution in [0.15, 0.2) is 24.4 Å². The maximum atomic E-state index is 6.19. The highest BCUT2D eigenvalue weighted by atomic mass is 35.5. The van der Waals surface area contributed by atoms with Crippen LogP contribution in [0, 0.1) is 0 Å². The van der Waals surface area contributed by atoms with Gasteiger partial charge in [-0.1, -0.05) is 82.4 Å². The Kier molecular flexibility index (Phi) is 9.98. The Morgan fingerprint density at radius 2 is 1.42 bits per heavy atom. The maximum absolute atomic E-state index is 6.19. The number of rotatable bonds is 11. The summed E-state index contributed by atoms with van der Waals surface area (Å²) >= 11 is 6.19. The quantitative estimate of drug-likeness (QED) is 0.261. The van der Waals surface area contributed by atoms with Gasteiger partial charge < -0.3 is 4.90 Å². The highest BCUT2D eigenvalue weighted by molar-refractivity contribution is 6.21. The molecule has 1 heterocycles. The molecule has 1 aliphatic rings. The summed E-state index contributed by atoms with van der Waals surface area (Å²) in [4.78, 5) is 2.21. The Hall–Kier alpha value is -0.430. The first kappa shape index (κ1) is 16.6. The molecule has 1 unspecified atom stereocenters. The van der Waals surface area contributed by atoms with Crippen LogP contribution >= 0.6 is 11.6 Å². The average molecular weight is 284 g/mol. The van der Waals surface area contributed by atoms with Crippen LogP contribution in [0.25, 0.3) is 0 Å². The summed E-state index contributed by atoms with van der Waals surface area (Å²) in [6, 6.07) is 0. The Labute approximate surface area is 124 Å². The summed E-state index contributed by atoms with van der Waals surface area (Å²) in [7, 11) is 0. The highest BCUT2D eigenvalue weighted by Gasteiger charge is 2.09. The first-order valence-electron chi connectivity index (χ1n) is 8.09. The van der Waals surface area contributed by atoms with E-state index in [1.165, 1.54) is 64.2 Å². The molecule has 2 heteroatoms. The highest BCUT2D eigenvalue weighted by Crippen LogP contribution is 2.15. The molecule has 0 spiro atoms. The molecule has 0 fully saturated rings. The smallest absolute Gasteiger partial charge is 0.122 e. The zero-order valence-corrected chi connectivity index (χ0v) is 13.2. The molecule has 0 aliphatic carbocycles. The Morgan fingerprint density at radius 3 is 2.00 bits per heavy atom. The van der Waals surface area contributed by atoms with Gasteiger partial charge in [-0.2, -0.15) is 0 Å². The molecule has 0 saturated heterocycles. The fraction of sp³-hybridized carbons (Fsp3) is 0.765. The van der Waals surface area contributed by atoms with Crippen molar-refractivity contribution >= 4 is 11.6 Å². The molecule has 1 atom stereocenters. The van der Waals surface area contributed by atoms with Crippen molar-refractivity contribution in [3.8, 4) is 0 Å². The molecule has 1 nitrogen and oxygen atoms in total. The van der Waals surface area contributed by atoms with Crippen molar-refractivity contribution in [1.82, 2.24) is 4.90 Å². The number of halogens is 1. The van der Waals surface area contributed by atoms with Gasteiger partial charge in [0.2, 0.25) is 0 Å². The van der Waals surface area contributed by atoms with Crippen molar-refractivity contribution in [2.75, 3.05) is 6.54 Å². The molecular weight excluding hydrogens is 254 g/mol. The lowest BCUT2D eigenvalue weighted by molar-refractivity contribution is 0.366. The van der Waals surface area contributed by atoms with E-state index in [2.05, 4.69) is 24.1 Å². The van der Waals surface area contributed by atoms with Crippen LogP contribution in [-0.2, 0) is 0 Å². The summed E-state index contributed by atoms with van der Waals surface area (Å²) in [5.41, 5.74) is 0.0589. The van der Waals surface area contributed by atoms with E-state index in [0.29, 0.717) is 0 Å². The largest absolute Gasteiger partial charge is 0.358 e. The number of hydrogen-bond acceptors (Lipinski definition) is 1. The third-order valence-corrected chi connectivity index (χ3v) is 4.14. The molecular formula is C17H30ClN. The molecule has 0 aromatic rings. The molecule has 110 valence electrons. The minimum atomic E-state index is 0.0589.